The fourth-order valence-electron chi connectivity index (χ4n) is 1.54. The van der Waals surface area contributed by atoms with Crippen molar-refractivity contribution in [3.8, 4) is 0 Å². The van der Waals surface area contributed by atoms with Crippen LogP contribution in [-0.2, 0) is 11.2 Å². The van der Waals surface area contributed by atoms with Crippen LogP contribution in [0.2, 0.25) is 5.02 Å². The lowest BCUT2D eigenvalue weighted by atomic mass is 10.0. The molecule has 0 aromatic heterocycles. The first-order valence-corrected chi connectivity index (χ1v) is 5.97. The second-order valence-corrected chi connectivity index (χ2v) is 4.32. The van der Waals surface area contributed by atoms with E-state index >= 15 is 0 Å². The number of rotatable bonds is 6. The van der Waals surface area contributed by atoms with Gasteiger partial charge in [0.05, 0.1) is 0 Å². The van der Waals surface area contributed by atoms with E-state index in [-0.39, 0.29) is 11.6 Å². The summed E-state index contributed by atoms with van der Waals surface area (Å²) in [7, 11) is 0. The number of carbonyl (C=O) groups excluding carboxylic acids is 1. The van der Waals surface area contributed by atoms with Crippen LogP contribution in [0.4, 0.5) is 4.39 Å². The number of benzene rings is 1. The number of hydrogen-bond donors (Lipinski definition) is 0. The molecule has 0 amide bonds. The Morgan fingerprint density at radius 1 is 1.38 bits per heavy atom. The third-order valence-electron chi connectivity index (χ3n) is 2.46. The standard InChI is InChI=1S/C13H16ClFO/c1-2-3-4-5-12(16)8-10-6-7-11(15)9-13(10)14/h6-7,9H,2-5,8H2,1H3. The Morgan fingerprint density at radius 2 is 2.12 bits per heavy atom. The molecular formula is C13H16ClFO. The molecule has 0 aliphatic rings. The Labute approximate surface area is 101 Å². The molecule has 1 aromatic carbocycles. The van der Waals surface area contributed by atoms with Crippen LogP contribution in [0.1, 0.15) is 38.2 Å². The molecule has 0 fully saturated rings. The first kappa shape index (κ1) is 13.2. The lowest BCUT2D eigenvalue weighted by Crippen LogP contribution is -2.03. The molecule has 0 N–H and O–H groups in total. The Morgan fingerprint density at radius 3 is 2.75 bits per heavy atom. The number of Topliss-reactive ketones (excluding diaryl/α,β-unsaturated/α-hetero) is 1. The minimum absolute atomic E-state index is 0.168. The van der Waals surface area contributed by atoms with Crippen LogP contribution < -0.4 is 0 Å². The Hall–Kier alpha value is -0.890. The molecule has 1 nitrogen and oxygen atoms in total. The number of carbonyl (C=O) groups is 1. The van der Waals surface area contributed by atoms with Crippen LogP contribution in [0.25, 0.3) is 0 Å². The minimum Gasteiger partial charge on any atom is -0.299 e. The van der Waals surface area contributed by atoms with E-state index < -0.39 is 0 Å². The molecule has 88 valence electrons. The van der Waals surface area contributed by atoms with E-state index in [0.717, 1.165) is 19.3 Å². The van der Waals surface area contributed by atoms with E-state index in [1.54, 1.807) is 6.07 Å². The van der Waals surface area contributed by atoms with Crippen molar-refractivity contribution in [1.29, 1.82) is 0 Å². The van der Waals surface area contributed by atoms with Crippen molar-refractivity contribution < 1.29 is 9.18 Å². The molecule has 0 unspecified atom stereocenters. The van der Waals surface area contributed by atoms with Gasteiger partial charge >= 0.3 is 0 Å². The van der Waals surface area contributed by atoms with E-state index in [4.69, 9.17) is 11.6 Å². The molecule has 1 aromatic rings. The minimum atomic E-state index is -0.368. The van der Waals surface area contributed by atoms with E-state index in [1.165, 1.54) is 12.1 Å². The summed E-state index contributed by atoms with van der Waals surface area (Å²) in [4.78, 5) is 11.6. The summed E-state index contributed by atoms with van der Waals surface area (Å²) in [6.07, 6.45) is 3.99. The largest absolute Gasteiger partial charge is 0.299 e. The maximum Gasteiger partial charge on any atom is 0.137 e. The topological polar surface area (TPSA) is 17.1 Å². The van der Waals surface area contributed by atoms with E-state index in [1.807, 2.05) is 0 Å². The van der Waals surface area contributed by atoms with Gasteiger partial charge in [0.2, 0.25) is 0 Å². The van der Waals surface area contributed by atoms with Crippen molar-refractivity contribution in [3.63, 3.8) is 0 Å². The van der Waals surface area contributed by atoms with Crippen LogP contribution in [0.3, 0.4) is 0 Å². The highest BCUT2D eigenvalue weighted by molar-refractivity contribution is 6.31. The zero-order valence-corrected chi connectivity index (χ0v) is 10.2. The first-order chi connectivity index (χ1) is 7.63. The summed E-state index contributed by atoms with van der Waals surface area (Å²) < 4.78 is 12.8. The predicted octanol–water partition coefficient (Wildman–Crippen LogP) is 4.17. The molecule has 0 radical (unpaired) electrons. The van der Waals surface area contributed by atoms with Crippen LogP contribution in [0, 0.1) is 5.82 Å². The Balaban J connectivity index is 2.49. The SMILES string of the molecule is CCCCCC(=O)Cc1ccc(F)cc1Cl. The van der Waals surface area contributed by atoms with Gasteiger partial charge in [-0.3, -0.25) is 4.79 Å². The molecule has 0 saturated carbocycles. The van der Waals surface area contributed by atoms with Crippen molar-refractivity contribution in [2.45, 2.75) is 39.0 Å². The van der Waals surface area contributed by atoms with Crippen molar-refractivity contribution >= 4 is 17.4 Å². The molecule has 0 saturated heterocycles. The summed E-state index contributed by atoms with van der Waals surface area (Å²) in [6.45, 7) is 2.10. The quantitative estimate of drug-likeness (QED) is 0.685. The van der Waals surface area contributed by atoms with Gasteiger partial charge in [-0.1, -0.05) is 37.4 Å². The van der Waals surface area contributed by atoms with Gasteiger partial charge in [0.1, 0.15) is 11.6 Å². The maximum atomic E-state index is 12.8. The monoisotopic (exact) mass is 242 g/mol. The average Bonchev–Trinajstić information content (AvgIpc) is 2.23. The second-order valence-electron chi connectivity index (χ2n) is 3.91. The Kier molecular flexibility index (Phi) is 5.47. The Bertz CT molecular complexity index is 363. The molecule has 0 aliphatic carbocycles. The van der Waals surface area contributed by atoms with Gasteiger partial charge in [-0.05, 0) is 24.1 Å². The van der Waals surface area contributed by atoms with Gasteiger partial charge in [0.25, 0.3) is 0 Å². The fourth-order valence-corrected chi connectivity index (χ4v) is 1.77. The fraction of sp³-hybridized carbons (Fsp3) is 0.462. The third kappa shape index (κ3) is 4.31. The summed E-state index contributed by atoms with van der Waals surface area (Å²) in [6, 6.07) is 4.16. The first-order valence-electron chi connectivity index (χ1n) is 5.59. The van der Waals surface area contributed by atoms with Crippen molar-refractivity contribution in [3.05, 3.63) is 34.6 Å². The molecule has 0 bridgehead atoms. The van der Waals surface area contributed by atoms with E-state index in [2.05, 4.69) is 6.92 Å². The highest BCUT2D eigenvalue weighted by Crippen LogP contribution is 2.18. The van der Waals surface area contributed by atoms with E-state index in [9.17, 15) is 9.18 Å². The second kappa shape index (κ2) is 6.64. The van der Waals surface area contributed by atoms with Crippen molar-refractivity contribution in [2.24, 2.45) is 0 Å². The van der Waals surface area contributed by atoms with Gasteiger partial charge < -0.3 is 0 Å². The predicted molar refractivity (Wildman–Crippen MR) is 64.3 cm³/mol. The van der Waals surface area contributed by atoms with Crippen LogP contribution in [0.15, 0.2) is 18.2 Å². The lowest BCUT2D eigenvalue weighted by molar-refractivity contribution is -0.118. The summed E-state index contributed by atoms with van der Waals surface area (Å²) >= 11 is 5.84. The van der Waals surface area contributed by atoms with Gasteiger partial charge in [-0.15, -0.1) is 0 Å². The molecule has 0 aliphatic heterocycles. The van der Waals surface area contributed by atoms with Gasteiger partial charge in [0, 0.05) is 17.9 Å². The normalized spacial score (nSPS) is 10.4. The molecule has 16 heavy (non-hydrogen) atoms. The van der Waals surface area contributed by atoms with E-state index in [0.29, 0.717) is 23.4 Å². The third-order valence-corrected chi connectivity index (χ3v) is 2.81. The summed E-state index contributed by atoms with van der Waals surface area (Å²) in [5.41, 5.74) is 0.713. The summed E-state index contributed by atoms with van der Waals surface area (Å²) in [5, 5.41) is 0.337. The van der Waals surface area contributed by atoms with Crippen LogP contribution in [0.5, 0.6) is 0 Å². The van der Waals surface area contributed by atoms with Crippen LogP contribution in [-0.4, -0.2) is 5.78 Å². The number of unbranched alkanes of at least 4 members (excludes halogenated alkanes) is 2. The zero-order chi connectivity index (χ0) is 12.0. The number of ketones is 1. The molecule has 0 spiro atoms. The van der Waals surface area contributed by atoms with Gasteiger partial charge in [-0.25, -0.2) is 4.39 Å². The molecular weight excluding hydrogens is 227 g/mol. The maximum absolute atomic E-state index is 12.8. The lowest BCUT2D eigenvalue weighted by Gasteiger charge is -2.03. The number of halogens is 2. The smallest absolute Gasteiger partial charge is 0.137 e. The molecule has 1 rings (SSSR count). The average molecular weight is 243 g/mol. The van der Waals surface area contributed by atoms with Gasteiger partial charge in [-0.2, -0.15) is 0 Å². The molecule has 0 atom stereocenters. The molecule has 3 heteroatoms. The number of hydrogen-bond acceptors (Lipinski definition) is 1. The zero-order valence-electron chi connectivity index (χ0n) is 9.43. The molecule has 0 heterocycles. The summed E-state index contributed by atoms with van der Waals surface area (Å²) in [5.74, 6) is -0.200. The van der Waals surface area contributed by atoms with Crippen molar-refractivity contribution in [1.82, 2.24) is 0 Å². The van der Waals surface area contributed by atoms with Crippen molar-refractivity contribution in [2.75, 3.05) is 0 Å². The highest BCUT2D eigenvalue weighted by Gasteiger charge is 2.07. The van der Waals surface area contributed by atoms with Crippen LogP contribution >= 0.6 is 11.6 Å². The highest BCUT2D eigenvalue weighted by atomic mass is 35.5. The van der Waals surface area contributed by atoms with Gasteiger partial charge in [0.15, 0.2) is 0 Å².